The summed E-state index contributed by atoms with van der Waals surface area (Å²) in [5.41, 5.74) is 4.36. The van der Waals surface area contributed by atoms with Gasteiger partial charge in [-0.1, -0.05) is 55.7 Å². The summed E-state index contributed by atoms with van der Waals surface area (Å²) in [6.07, 6.45) is 9.86. The van der Waals surface area contributed by atoms with Crippen LogP contribution >= 0.6 is 22.6 Å². The van der Waals surface area contributed by atoms with Gasteiger partial charge in [0.25, 0.3) is 0 Å². The third-order valence-corrected chi connectivity index (χ3v) is 5.67. The van der Waals surface area contributed by atoms with Gasteiger partial charge >= 0.3 is 0 Å². The standard InChI is InChI=1S/C20H24IN/c1-2-9-19-18(21)14-20(17-12-7-4-8-13-17)22(19)15-16-10-5-3-6-11-16/h2-3,5-6,10-11,14,17H,1,4,7-9,12-13,15H2. The molecule has 0 aliphatic heterocycles. The molecule has 0 bridgehead atoms. The molecule has 22 heavy (non-hydrogen) atoms. The molecule has 1 nitrogen and oxygen atoms in total. The zero-order valence-corrected chi connectivity index (χ0v) is 15.3. The summed E-state index contributed by atoms with van der Waals surface area (Å²) in [4.78, 5) is 0. The van der Waals surface area contributed by atoms with Crippen LogP contribution in [0, 0.1) is 3.57 Å². The van der Waals surface area contributed by atoms with Gasteiger partial charge in [-0.25, -0.2) is 0 Å². The van der Waals surface area contributed by atoms with Crippen LogP contribution < -0.4 is 0 Å². The van der Waals surface area contributed by atoms with Gasteiger partial charge in [0, 0.05) is 27.9 Å². The monoisotopic (exact) mass is 405 g/mol. The number of rotatable bonds is 5. The van der Waals surface area contributed by atoms with Gasteiger partial charge in [-0.2, -0.15) is 0 Å². The summed E-state index contributed by atoms with van der Waals surface area (Å²) in [7, 11) is 0. The highest BCUT2D eigenvalue weighted by Crippen LogP contribution is 2.36. The van der Waals surface area contributed by atoms with Crippen LogP contribution in [0.3, 0.4) is 0 Å². The molecule has 0 atom stereocenters. The zero-order valence-electron chi connectivity index (χ0n) is 13.1. The number of aromatic nitrogens is 1. The third kappa shape index (κ3) is 3.48. The van der Waals surface area contributed by atoms with E-state index in [1.54, 1.807) is 5.69 Å². The van der Waals surface area contributed by atoms with E-state index in [9.17, 15) is 0 Å². The Morgan fingerprint density at radius 1 is 1.14 bits per heavy atom. The van der Waals surface area contributed by atoms with Crippen LogP contribution in [-0.4, -0.2) is 4.57 Å². The number of nitrogens with zero attached hydrogens (tertiary/aromatic N) is 1. The fourth-order valence-corrected chi connectivity index (χ4v) is 4.44. The first-order chi connectivity index (χ1) is 10.8. The molecule has 1 aliphatic carbocycles. The van der Waals surface area contributed by atoms with E-state index >= 15 is 0 Å². The van der Waals surface area contributed by atoms with Crippen molar-refractivity contribution in [3.63, 3.8) is 0 Å². The van der Waals surface area contributed by atoms with Crippen LogP contribution in [-0.2, 0) is 13.0 Å². The Labute approximate surface area is 147 Å². The number of allylic oxidation sites excluding steroid dienone is 1. The number of halogens is 1. The SMILES string of the molecule is C=CCc1c(I)cc(C2CCCCC2)n1Cc1ccccc1. The normalized spacial score (nSPS) is 15.9. The Balaban J connectivity index is 1.97. The van der Waals surface area contributed by atoms with Crippen molar-refractivity contribution >= 4 is 22.6 Å². The van der Waals surface area contributed by atoms with Crippen molar-refractivity contribution in [2.45, 2.75) is 51.0 Å². The molecule has 1 aromatic heterocycles. The molecule has 1 fully saturated rings. The smallest absolute Gasteiger partial charge is 0.0476 e. The van der Waals surface area contributed by atoms with Gasteiger partial charge in [-0.05, 0) is 53.0 Å². The summed E-state index contributed by atoms with van der Waals surface area (Å²) in [5, 5.41) is 0. The highest BCUT2D eigenvalue weighted by molar-refractivity contribution is 14.1. The average molecular weight is 405 g/mol. The molecule has 2 aromatic rings. The molecule has 2 heteroatoms. The molecule has 116 valence electrons. The minimum atomic E-state index is 0.740. The van der Waals surface area contributed by atoms with Crippen molar-refractivity contribution in [3.8, 4) is 0 Å². The van der Waals surface area contributed by atoms with E-state index in [4.69, 9.17) is 0 Å². The fraction of sp³-hybridized carbons (Fsp3) is 0.400. The third-order valence-electron chi connectivity index (χ3n) is 4.73. The van der Waals surface area contributed by atoms with E-state index in [1.807, 2.05) is 6.08 Å². The molecule has 0 amide bonds. The Morgan fingerprint density at radius 3 is 2.55 bits per heavy atom. The number of hydrogen-bond acceptors (Lipinski definition) is 0. The van der Waals surface area contributed by atoms with E-state index in [-0.39, 0.29) is 0 Å². The van der Waals surface area contributed by atoms with Gasteiger partial charge in [-0.15, -0.1) is 6.58 Å². The van der Waals surface area contributed by atoms with Crippen LogP contribution in [0.25, 0.3) is 0 Å². The maximum Gasteiger partial charge on any atom is 0.0476 e. The van der Waals surface area contributed by atoms with Crippen LogP contribution in [0.5, 0.6) is 0 Å². The zero-order chi connectivity index (χ0) is 15.4. The van der Waals surface area contributed by atoms with Gasteiger partial charge in [0.1, 0.15) is 0 Å². The molecule has 0 saturated heterocycles. The van der Waals surface area contributed by atoms with Crippen molar-refractivity contribution in [3.05, 3.63) is 69.6 Å². The van der Waals surface area contributed by atoms with E-state index in [0.717, 1.165) is 18.9 Å². The van der Waals surface area contributed by atoms with E-state index in [1.165, 1.54) is 46.9 Å². The Kier molecular flexibility index (Phi) is 5.40. The molecular formula is C20H24IN. The summed E-state index contributed by atoms with van der Waals surface area (Å²) in [6, 6.07) is 13.3. The molecule has 0 spiro atoms. The highest BCUT2D eigenvalue weighted by Gasteiger charge is 2.22. The molecule has 0 radical (unpaired) electrons. The van der Waals surface area contributed by atoms with Crippen LogP contribution in [0.1, 0.15) is 55.0 Å². The molecule has 1 heterocycles. The Bertz CT molecular complexity index is 621. The lowest BCUT2D eigenvalue weighted by atomic mass is 9.87. The minimum Gasteiger partial charge on any atom is -0.343 e. The quantitative estimate of drug-likeness (QED) is 0.430. The second-order valence-electron chi connectivity index (χ2n) is 6.26. The van der Waals surface area contributed by atoms with Crippen molar-refractivity contribution in [2.24, 2.45) is 0 Å². The first-order valence-corrected chi connectivity index (χ1v) is 9.40. The van der Waals surface area contributed by atoms with Gasteiger partial charge in [-0.3, -0.25) is 0 Å². The summed E-state index contributed by atoms with van der Waals surface area (Å²) >= 11 is 2.50. The van der Waals surface area contributed by atoms with Gasteiger partial charge < -0.3 is 4.57 Å². The molecule has 1 aliphatic rings. The van der Waals surface area contributed by atoms with Gasteiger partial charge in [0.2, 0.25) is 0 Å². The number of benzene rings is 1. The first kappa shape index (κ1) is 15.9. The van der Waals surface area contributed by atoms with Gasteiger partial charge in [0.05, 0.1) is 0 Å². The molecular weight excluding hydrogens is 381 g/mol. The number of hydrogen-bond donors (Lipinski definition) is 0. The predicted octanol–water partition coefficient (Wildman–Crippen LogP) is 5.92. The molecule has 1 saturated carbocycles. The van der Waals surface area contributed by atoms with Crippen LogP contribution in [0.2, 0.25) is 0 Å². The fourth-order valence-electron chi connectivity index (χ4n) is 3.61. The largest absolute Gasteiger partial charge is 0.343 e. The van der Waals surface area contributed by atoms with Crippen molar-refractivity contribution in [2.75, 3.05) is 0 Å². The van der Waals surface area contributed by atoms with Crippen LogP contribution in [0.4, 0.5) is 0 Å². The lowest BCUT2D eigenvalue weighted by Gasteiger charge is -2.24. The Hall–Kier alpha value is -1.03. The molecule has 1 aromatic carbocycles. The van der Waals surface area contributed by atoms with Crippen molar-refractivity contribution < 1.29 is 0 Å². The Morgan fingerprint density at radius 2 is 1.86 bits per heavy atom. The predicted molar refractivity (Wildman–Crippen MR) is 102 cm³/mol. The van der Waals surface area contributed by atoms with Crippen molar-refractivity contribution in [1.29, 1.82) is 0 Å². The lowest BCUT2D eigenvalue weighted by molar-refractivity contribution is 0.425. The maximum absolute atomic E-state index is 3.95. The summed E-state index contributed by atoms with van der Waals surface area (Å²) in [5.74, 6) is 0.740. The maximum atomic E-state index is 3.95. The lowest BCUT2D eigenvalue weighted by Crippen LogP contribution is -2.14. The van der Waals surface area contributed by atoms with Crippen molar-refractivity contribution in [1.82, 2.24) is 4.57 Å². The molecule has 3 rings (SSSR count). The first-order valence-electron chi connectivity index (χ1n) is 8.32. The van der Waals surface area contributed by atoms with E-state index in [2.05, 4.69) is 70.1 Å². The second-order valence-corrected chi connectivity index (χ2v) is 7.43. The molecule has 0 N–H and O–H groups in total. The summed E-state index contributed by atoms with van der Waals surface area (Å²) in [6.45, 7) is 4.94. The van der Waals surface area contributed by atoms with Gasteiger partial charge in [0.15, 0.2) is 0 Å². The summed E-state index contributed by atoms with van der Waals surface area (Å²) < 4.78 is 3.96. The topological polar surface area (TPSA) is 4.93 Å². The average Bonchev–Trinajstić information content (AvgIpc) is 2.86. The van der Waals surface area contributed by atoms with E-state index in [0.29, 0.717) is 0 Å². The van der Waals surface area contributed by atoms with E-state index < -0.39 is 0 Å². The highest BCUT2D eigenvalue weighted by atomic mass is 127. The molecule has 0 unspecified atom stereocenters. The second kappa shape index (κ2) is 7.49. The van der Waals surface area contributed by atoms with Crippen LogP contribution in [0.15, 0.2) is 49.1 Å². The minimum absolute atomic E-state index is 0.740.